The van der Waals surface area contributed by atoms with Gasteiger partial charge in [-0.05, 0) is 42.9 Å². The zero-order valence-corrected chi connectivity index (χ0v) is 13.4. The van der Waals surface area contributed by atoms with Gasteiger partial charge in [-0.25, -0.2) is 4.39 Å². The van der Waals surface area contributed by atoms with E-state index < -0.39 is 0 Å². The Hall–Kier alpha value is -0.900. The number of carbonyl (C=O) groups is 1. The Labute approximate surface area is 128 Å². The van der Waals surface area contributed by atoms with Crippen molar-refractivity contribution in [2.45, 2.75) is 39.0 Å². The van der Waals surface area contributed by atoms with Gasteiger partial charge in [-0.3, -0.25) is 4.79 Å². The van der Waals surface area contributed by atoms with Crippen molar-refractivity contribution in [3.8, 4) is 0 Å². The lowest BCUT2D eigenvalue weighted by Gasteiger charge is -2.35. The average molecular weight is 342 g/mol. The fourth-order valence-electron chi connectivity index (χ4n) is 2.76. The lowest BCUT2D eigenvalue weighted by Crippen LogP contribution is -2.40. The first-order valence-corrected chi connectivity index (χ1v) is 8.29. The third-order valence-corrected chi connectivity index (χ3v) is 5.45. The predicted octanol–water partition coefficient (Wildman–Crippen LogP) is 4.21. The van der Waals surface area contributed by atoms with E-state index in [9.17, 15) is 9.18 Å². The van der Waals surface area contributed by atoms with Crippen LogP contribution in [0.5, 0.6) is 0 Å². The number of halogens is 2. The lowest BCUT2D eigenvalue weighted by atomic mass is 9.75. The molecule has 0 saturated heterocycles. The van der Waals surface area contributed by atoms with Crippen molar-refractivity contribution in [3.63, 3.8) is 0 Å². The van der Waals surface area contributed by atoms with E-state index >= 15 is 0 Å². The highest BCUT2D eigenvalue weighted by Gasteiger charge is 2.31. The second-order valence-corrected chi connectivity index (χ2v) is 6.40. The van der Waals surface area contributed by atoms with Crippen LogP contribution in [0.4, 0.5) is 4.39 Å². The monoisotopic (exact) mass is 341 g/mol. The molecule has 1 aromatic rings. The molecule has 1 fully saturated rings. The summed E-state index contributed by atoms with van der Waals surface area (Å²) >= 11 is 3.58. The smallest absolute Gasteiger partial charge is 0.251 e. The molecule has 1 N–H and O–H groups in total. The first kappa shape index (κ1) is 15.5. The predicted molar refractivity (Wildman–Crippen MR) is 82.8 cm³/mol. The van der Waals surface area contributed by atoms with Crippen LogP contribution >= 0.6 is 15.9 Å². The zero-order chi connectivity index (χ0) is 14.6. The third-order valence-electron chi connectivity index (χ3n) is 4.26. The van der Waals surface area contributed by atoms with Crippen LogP contribution < -0.4 is 5.32 Å². The summed E-state index contributed by atoms with van der Waals surface area (Å²) in [6, 6.07) is 4.63. The molecule has 0 atom stereocenters. The lowest BCUT2D eigenvalue weighted by molar-refractivity contribution is 0.0921. The van der Waals surface area contributed by atoms with Gasteiger partial charge in [-0.15, -0.1) is 0 Å². The zero-order valence-electron chi connectivity index (χ0n) is 11.8. The summed E-state index contributed by atoms with van der Waals surface area (Å²) in [6.07, 6.45) is 6.01. The summed E-state index contributed by atoms with van der Waals surface area (Å²) in [6.45, 7) is 2.35. The molecule has 1 aliphatic rings. The van der Waals surface area contributed by atoms with Crippen LogP contribution in [0.3, 0.4) is 0 Å². The van der Waals surface area contributed by atoms with Crippen molar-refractivity contribution in [2.75, 3.05) is 11.9 Å². The Morgan fingerprint density at radius 2 is 2.05 bits per heavy atom. The molecule has 2 rings (SSSR count). The van der Waals surface area contributed by atoms with Gasteiger partial charge in [-0.2, -0.15) is 0 Å². The number of nitrogens with one attached hydrogen (secondary N) is 1. The van der Waals surface area contributed by atoms with E-state index in [2.05, 4.69) is 21.2 Å². The van der Waals surface area contributed by atoms with E-state index in [4.69, 9.17) is 0 Å². The van der Waals surface area contributed by atoms with Crippen molar-refractivity contribution >= 4 is 21.8 Å². The normalized spacial score (nSPS) is 17.8. The first-order valence-electron chi connectivity index (χ1n) is 7.17. The topological polar surface area (TPSA) is 29.1 Å². The Bertz CT molecular complexity index is 483. The van der Waals surface area contributed by atoms with Crippen LogP contribution in [0.2, 0.25) is 0 Å². The number of aryl methyl sites for hydroxylation is 1. The van der Waals surface area contributed by atoms with E-state index in [0.29, 0.717) is 17.7 Å². The van der Waals surface area contributed by atoms with Crippen molar-refractivity contribution in [3.05, 3.63) is 35.1 Å². The van der Waals surface area contributed by atoms with Gasteiger partial charge in [0.25, 0.3) is 5.91 Å². The van der Waals surface area contributed by atoms with Gasteiger partial charge in [0.05, 0.1) is 0 Å². The highest BCUT2D eigenvalue weighted by atomic mass is 79.9. The van der Waals surface area contributed by atoms with Crippen molar-refractivity contribution in [1.82, 2.24) is 5.32 Å². The van der Waals surface area contributed by atoms with Crippen molar-refractivity contribution in [1.29, 1.82) is 0 Å². The Kier molecular flexibility index (Phi) is 5.19. The molecule has 4 heteroatoms. The molecule has 2 nitrogen and oxygen atoms in total. The van der Waals surface area contributed by atoms with Crippen molar-refractivity contribution in [2.24, 2.45) is 5.41 Å². The number of alkyl halides is 1. The van der Waals surface area contributed by atoms with Crippen LogP contribution in [-0.2, 0) is 0 Å². The first-order chi connectivity index (χ1) is 9.56. The van der Waals surface area contributed by atoms with E-state index in [1.54, 1.807) is 19.1 Å². The Balaban J connectivity index is 1.98. The largest absolute Gasteiger partial charge is 0.351 e. The van der Waals surface area contributed by atoms with E-state index in [1.807, 2.05) is 0 Å². The number of benzene rings is 1. The summed E-state index contributed by atoms with van der Waals surface area (Å²) in [4.78, 5) is 12.1. The number of amides is 1. The van der Waals surface area contributed by atoms with E-state index in [0.717, 1.165) is 18.2 Å². The van der Waals surface area contributed by atoms with Gasteiger partial charge in [0.2, 0.25) is 0 Å². The molecule has 1 aliphatic carbocycles. The fraction of sp³-hybridized carbons (Fsp3) is 0.562. The van der Waals surface area contributed by atoms with E-state index in [-0.39, 0.29) is 17.1 Å². The minimum atomic E-state index is -0.328. The van der Waals surface area contributed by atoms with Gasteiger partial charge in [0.1, 0.15) is 5.82 Å². The summed E-state index contributed by atoms with van der Waals surface area (Å²) in [5.74, 6) is -0.514. The molecular weight excluding hydrogens is 321 g/mol. The molecular formula is C16H21BrFNO. The minimum Gasteiger partial charge on any atom is -0.351 e. The Morgan fingerprint density at radius 3 is 2.65 bits per heavy atom. The number of carbonyl (C=O) groups excluding carboxylic acids is 1. The maximum absolute atomic E-state index is 13.5. The molecule has 20 heavy (non-hydrogen) atoms. The third kappa shape index (κ3) is 3.60. The molecule has 0 spiro atoms. The Morgan fingerprint density at radius 1 is 1.35 bits per heavy atom. The van der Waals surface area contributed by atoms with E-state index in [1.165, 1.54) is 25.3 Å². The van der Waals surface area contributed by atoms with Gasteiger partial charge >= 0.3 is 0 Å². The molecule has 0 unspecified atom stereocenters. The van der Waals surface area contributed by atoms with Gasteiger partial charge in [-0.1, -0.05) is 41.3 Å². The molecule has 0 heterocycles. The molecule has 0 aromatic heterocycles. The summed E-state index contributed by atoms with van der Waals surface area (Å²) in [7, 11) is 0. The van der Waals surface area contributed by atoms with Crippen LogP contribution in [0.15, 0.2) is 18.2 Å². The molecule has 0 aliphatic heterocycles. The highest BCUT2D eigenvalue weighted by Crippen LogP contribution is 2.37. The maximum atomic E-state index is 13.5. The van der Waals surface area contributed by atoms with Crippen LogP contribution in [0.1, 0.15) is 48.0 Å². The molecule has 110 valence electrons. The maximum Gasteiger partial charge on any atom is 0.251 e. The van der Waals surface area contributed by atoms with Crippen molar-refractivity contribution < 1.29 is 9.18 Å². The SMILES string of the molecule is Cc1ccc(C(=O)NCC2(CBr)CCCCC2)cc1F. The molecule has 1 amide bonds. The summed E-state index contributed by atoms with van der Waals surface area (Å²) < 4.78 is 13.5. The van der Waals surface area contributed by atoms with Crippen LogP contribution in [0.25, 0.3) is 0 Å². The second kappa shape index (κ2) is 6.70. The number of hydrogen-bond donors (Lipinski definition) is 1. The quantitative estimate of drug-likeness (QED) is 0.816. The molecule has 1 saturated carbocycles. The summed E-state index contributed by atoms with van der Waals surface area (Å²) in [5.41, 5.74) is 1.12. The highest BCUT2D eigenvalue weighted by molar-refractivity contribution is 9.09. The fourth-order valence-corrected chi connectivity index (χ4v) is 3.52. The molecule has 0 radical (unpaired) electrons. The van der Waals surface area contributed by atoms with Crippen LogP contribution in [0, 0.1) is 18.2 Å². The average Bonchev–Trinajstić information content (AvgIpc) is 2.48. The van der Waals surface area contributed by atoms with Crippen LogP contribution in [-0.4, -0.2) is 17.8 Å². The number of rotatable bonds is 4. The van der Waals surface area contributed by atoms with Gasteiger partial charge in [0, 0.05) is 17.4 Å². The van der Waals surface area contributed by atoms with Gasteiger partial charge < -0.3 is 5.32 Å². The molecule has 0 bridgehead atoms. The minimum absolute atomic E-state index is 0.164. The molecule has 1 aromatic carbocycles. The second-order valence-electron chi connectivity index (χ2n) is 5.84. The number of hydrogen-bond acceptors (Lipinski definition) is 1. The standard InChI is InChI=1S/C16H21BrFNO/c1-12-5-6-13(9-14(12)18)15(20)19-11-16(10-17)7-3-2-4-8-16/h5-6,9H,2-4,7-8,10-11H2,1H3,(H,19,20). The summed E-state index contributed by atoms with van der Waals surface area (Å²) in [5, 5.41) is 3.88. The van der Waals surface area contributed by atoms with Gasteiger partial charge in [0.15, 0.2) is 0 Å².